The molecule has 1 atom stereocenters. The Labute approximate surface area is 140 Å². The second-order valence-corrected chi connectivity index (χ2v) is 6.36. The molecule has 1 N–H and O–H groups in total. The number of anilines is 1. The minimum absolute atomic E-state index is 0.269. The molecule has 0 aliphatic carbocycles. The molecule has 22 heavy (non-hydrogen) atoms. The van der Waals surface area contributed by atoms with E-state index >= 15 is 0 Å². The van der Waals surface area contributed by atoms with Gasteiger partial charge in [-0.25, -0.2) is 4.98 Å². The molecule has 0 spiro atoms. The number of aliphatic carboxylic acids is 1. The molecule has 0 saturated heterocycles. The van der Waals surface area contributed by atoms with Crippen LogP contribution in [0.4, 0.5) is 5.69 Å². The highest BCUT2D eigenvalue weighted by Gasteiger charge is 2.19. The average molecular weight is 358 g/mol. The molecule has 8 heteroatoms. The van der Waals surface area contributed by atoms with Gasteiger partial charge in [-0.3, -0.25) is 4.79 Å². The van der Waals surface area contributed by atoms with E-state index in [-0.39, 0.29) is 12.3 Å². The standard InChI is InChI=1S/C14H12Cl2N2O3S/c1-7(14-18-11(6-22-14)5-12(19)20)13(21)17-10-3-8(15)2-9(16)4-10/h2-4,6-7H,5H2,1H3,(H,17,21)(H,19,20)/p-1/t7-/m1/s1. The molecule has 5 nitrogen and oxygen atoms in total. The zero-order valence-corrected chi connectivity index (χ0v) is 13.8. The van der Waals surface area contributed by atoms with Crippen LogP contribution in [-0.2, 0) is 16.0 Å². The van der Waals surface area contributed by atoms with Gasteiger partial charge in [0.1, 0.15) is 5.01 Å². The van der Waals surface area contributed by atoms with Gasteiger partial charge in [0.2, 0.25) is 5.91 Å². The number of carboxylic acid groups (broad SMARTS) is 1. The van der Waals surface area contributed by atoms with Gasteiger partial charge < -0.3 is 15.2 Å². The second-order valence-electron chi connectivity index (χ2n) is 4.59. The lowest BCUT2D eigenvalue weighted by Crippen LogP contribution is -2.24. The van der Waals surface area contributed by atoms with Gasteiger partial charge in [-0.05, 0) is 25.1 Å². The number of hydrogen-bond donors (Lipinski definition) is 1. The van der Waals surface area contributed by atoms with Gasteiger partial charge in [0, 0.05) is 33.5 Å². The van der Waals surface area contributed by atoms with E-state index in [1.54, 1.807) is 30.5 Å². The van der Waals surface area contributed by atoms with Crippen molar-refractivity contribution in [2.75, 3.05) is 5.32 Å². The summed E-state index contributed by atoms with van der Waals surface area (Å²) >= 11 is 13.0. The lowest BCUT2D eigenvalue weighted by Gasteiger charge is -2.10. The fourth-order valence-corrected chi connectivity index (χ4v) is 3.14. The third-order valence-electron chi connectivity index (χ3n) is 2.79. The molecule has 2 rings (SSSR count). The van der Waals surface area contributed by atoms with Crippen LogP contribution in [0.15, 0.2) is 23.6 Å². The largest absolute Gasteiger partial charge is 0.550 e. The molecule has 0 saturated carbocycles. The van der Waals surface area contributed by atoms with E-state index in [0.29, 0.717) is 26.4 Å². The minimum Gasteiger partial charge on any atom is -0.550 e. The maximum Gasteiger partial charge on any atom is 0.234 e. The zero-order chi connectivity index (χ0) is 16.3. The first-order valence-corrected chi connectivity index (χ1v) is 7.90. The van der Waals surface area contributed by atoms with Crippen molar-refractivity contribution in [1.29, 1.82) is 0 Å². The lowest BCUT2D eigenvalue weighted by molar-refractivity contribution is -0.304. The Morgan fingerprint density at radius 3 is 2.55 bits per heavy atom. The van der Waals surface area contributed by atoms with Crippen LogP contribution < -0.4 is 10.4 Å². The molecule has 0 unspecified atom stereocenters. The molecule has 0 radical (unpaired) electrons. The van der Waals surface area contributed by atoms with Gasteiger partial charge in [-0.15, -0.1) is 11.3 Å². The number of aromatic nitrogens is 1. The van der Waals surface area contributed by atoms with Crippen molar-refractivity contribution in [3.8, 4) is 0 Å². The SMILES string of the molecule is C[C@H](C(=O)Nc1cc(Cl)cc(Cl)c1)c1nc(CC(=O)[O-])cs1. The molecule has 2 aromatic rings. The second kappa shape index (κ2) is 7.09. The number of carboxylic acids is 1. The third kappa shape index (κ3) is 4.43. The molecule has 1 amide bonds. The Balaban J connectivity index is 2.08. The first-order valence-electron chi connectivity index (χ1n) is 6.26. The Morgan fingerprint density at radius 1 is 1.32 bits per heavy atom. The topological polar surface area (TPSA) is 82.1 Å². The fourth-order valence-electron chi connectivity index (χ4n) is 1.74. The highest BCUT2D eigenvalue weighted by molar-refractivity contribution is 7.09. The van der Waals surface area contributed by atoms with Crippen LogP contribution in [0, 0.1) is 0 Å². The Bertz CT molecular complexity index is 698. The lowest BCUT2D eigenvalue weighted by atomic mass is 10.1. The van der Waals surface area contributed by atoms with E-state index in [4.69, 9.17) is 23.2 Å². The number of nitrogens with one attached hydrogen (secondary N) is 1. The number of nitrogens with zero attached hydrogens (tertiary/aromatic N) is 1. The van der Waals surface area contributed by atoms with E-state index in [2.05, 4.69) is 10.3 Å². The third-order valence-corrected chi connectivity index (χ3v) is 4.30. The Morgan fingerprint density at radius 2 is 1.95 bits per heavy atom. The van der Waals surface area contributed by atoms with Crippen LogP contribution in [0.1, 0.15) is 23.5 Å². The average Bonchev–Trinajstić information content (AvgIpc) is 2.84. The smallest absolute Gasteiger partial charge is 0.234 e. The number of hydrogen-bond acceptors (Lipinski definition) is 5. The first kappa shape index (κ1) is 16.7. The predicted molar refractivity (Wildman–Crippen MR) is 84.3 cm³/mol. The van der Waals surface area contributed by atoms with Crippen LogP contribution in [0.25, 0.3) is 0 Å². The van der Waals surface area contributed by atoms with Gasteiger partial charge in [0.25, 0.3) is 0 Å². The van der Waals surface area contributed by atoms with E-state index < -0.39 is 11.9 Å². The summed E-state index contributed by atoms with van der Waals surface area (Å²) in [4.78, 5) is 26.9. The molecule has 1 aromatic carbocycles. The van der Waals surface area contributed by atoms with Crippen molar-refractivity contribution < 1.29 is 14.7 Å². The summed E-state index contributed by atoms with van der Waals surface area (Å²) in [5.41, 5.74) is 0.867. The van der Waals surface area contributed by atoms with Crippen LogP contribution >= 0.6 is 34.5 Å². The molecule has 116 valence electrons. The number of halogens is 2. The van der Waals surface area contributed by atoms with Crippen molar-refractivity contribution in [3.63, 3.8) is 0 Å². The number of amides is 1. The molecule has 1 aromatic heterocycles. The number of rotatable bonds is 5. The van der Waals surface area contributed by atoms with Crippen molar-refractivity contribution in [3.05, 3.63) is 44.3 Å². The summed E-state index contributed by atoms with van der Waals surface area (Å²) in [5.74, 6) is -2.02. The van der Waals surface area contributed by atoms with Crippen molar-refractivity contribution >= 4 is 52.1 Å². The van der Waals surface area contributed by atoms with Crippen LogP contribution in [-0.4, -0.2) is 16.9 Å². The minimum atomic E-state index is -1.21. The van der Waals surface area contributed by atoms with Crippen LogP contribution in [0.5, 0.6) is 0 Å². The highest BCUT2D eigenvalue weighted by atomic mass is 35.5. The van der Waals surface area contributed by atoms with E-state index in [9.17, 15) is 14.7 Å². The summed E-state index contributed by atoms with van der Waals surface area (Å²) in [5, 5.41) is 16.2. The molecule has 0 aliphatic rings. The summed E-state index contributed by atoms with van der Waals surface area (Å²) in [7, 11) is 0. The van der Waals surface area contributed by atoms with Gasteiger partial charge >= 0.3 is 0 Å². The molecular weight excluding hydrogens is 347 g/mol. The quantitative estimate of drug-likeness (QED) is 0.890. The summed E-state index contributed by atoms with van der Waals surface area (Å²) in [6.07, 6.45) is -0.269. The van der Waals surface area contributed by atoms with Crippen molar-refractivity contribution in [2.24, 2.45) is 0 Å². The van der Waals surface area contributed by atoms with E-state index in [0.717, 1.165) is 0 Å². The van der Waals surface area contributed by atoms with Gasteiger partial charge in [-0.2, -0.15) is 0 Å². The summed E-state index contributed by atoms with van der Waals surface area (Å²) in [6, 6.07) is 4.73. The van der Waals surface area contributed by atoms with E-state index in [1.807, 2.05) is 0 Å². The Hall–Kier alpha value is -1.63. The maximum absolute atomic E-state index is 12.2. The van der Waals surface area contributed by atoms with Gasteiger partial charge in [-0.1, -0.05) is 23.2 Å². The molecule has 0 bridgehead atoms. The molecule has 1 heterocycles. The number of benzene rings is 1. The number of carbonyl (C=O) groups is 2. The monoisotopic (exact) mass is 357 g/mol. The zero-order valence-electron chi connectivity index (χ0n) is 11.4. The van der Waals surface area contributed by atoms with Gasteiger partial charge in [0.15, 0.2) is 0 Å². The first-order chi connectivity index (χ1) is 10.3. The van der Waals surface area contributed by atoms with Crippen molar-refractivity contribution in [2.45, 2.75) is 19.3 Å². The molecular formula is C14H11Cl2N2O3S-. The Kier molecular flexibility index (Phi) is 5.39. The molecule has 0 aliphatic heterocycles. The van der Waals surface area contributed by atoms with E-state index in [1.165, 1.54) is 11.3 Å². The summed E-state index contributed by atoms with van der Waals surface area (Å²) < 4.78 is 0. The molecule has 0 fully saturated rings. The normalized spacial score (nSPS) is 12.0. The fraction of sp³-hybridized carbons (Fsp3) is 0.214. The highest BCUT2D eigenvalue weighted by Crippen LogP contribution is 2.25. The van der Waals surface area contributed by atoms with Crippen LogP contribution in [0.2, 0.25) is 10.0 Å². The van der Waals surface area contributed by atoms with Gasteiger partial charge in [0.05, 0.1) is 11.6 Å². The number of thiazole rings is 1. The predicted octanol–water partition coefficient (Wildman–Crippen LogP) is 2.48. The maximum atomic E-state index is 12.2. The summed E-state index contributed by atoms with van der Waals surface area (Å²) in [6.45, 7) is 1.68. The van der Waals surface area contributed by atoms with Crippen molar-refractivity contribution in [1.82, 2.24) is 4.98 Å². The van der Waals surface area contributed by atoms with Crippen LogP contribution in [0.3, 0.4) is 0 Å². The number of carbonyl (C=O) groups excluding carboxylic acids is 2.